The van der Waals surface area contributed by atoms with Gasteiger partial charge in [0.25, 0.3) is 5.91 Å². The number of H-pyrrole nitrogens is 1. The summed E-state index contributed by atoms with van der Waals surface area (Å²) in [7, 11) is 0. The predicted octanol–water partition coefficient (Wildman–Crippen LogP) is 1.99. The fraction of sp³-hybridized carbons (Fsp3) is 0.444. The highest BCUT2D eigenvalue weighted by Crippen LogP contribution is 2.35. The number of fused-ring (bicyclic) bond motifs is 3. The fourth-order valence-corrected chi connectivity index (χ4v) is 4.39. The number of carbonyl (C=O) groups is 2. The van der Waals surface area contributed by atoms with E-state index >= 15 is 0 Å². The molecule has 2 heterocycles. The Kier molecular flexibility index (Phi) is 4.29. The van der Waals surface area contributed by atoms with Crippen LogP contribution in [0.4, 0.5) is 0 Å². The lowest BCUT2D eigenvalue weighted by atomic mass is 9.85. The lowest BCUT2D eigenvalue weighted by Crippen LogP contribution is -2.44. The summed E-state index contributed by atoms with van der Waals surface area (Å²) in [6.07, 6.45) is 2.32. The lowest BCUT2D eigenvalue weighted by Gasteiger charge is -2.32. The van der Waals surface area contributed by atoms with Gasteiger partial charge in [0.1, 0.15) is 0 Å². The zero-order valence-electron chi connectivity index (χ0n) is 13.8. The number of carbonyl (C=O) groups excluding carboxylic acids is 2. The van der Waals surface area contributed by atoms with Gasteiger partial charge in [-0.3, -0.25) is 9.59 Å². The van der Waals surface area contributed by atoms with Gasteiger partial charge in [0.15, 0.2) is 0 Å². The number of aromatic amines is 1. The topological polar surface area (TPSA) is 88.4 Å². The Bertz CT molecular complexity index is 855. The summed E-state index contributed by atoms with van der Waals surface area (Å²) in [5, 5.41) is 0.984. The zero-order valence-corrected chi connectivity index (χ0v) is 15.4. The number of aromatic nitrogens is 1. The van der Waals surface area contributed by atoms with Crippen LogP contribution >= 0.6 is 15.9 Å². The highest BCUT2D eigenvalue weighted by atomic mass is 79.9. The van der Waals surface area contributed by atoms with E-state index in [9.17, 15) is 9.59 Å². The molecule has 0 spiro atoms. The number of nitrogens with zero attached hydrogens (tertiary/aromatic N) is 1. The summed E-state index contributed by atoms with van der Waals surface area (Å²) >= 11 is 3.46. The maximum absolute atomic E-state index is 12.8. The molecule has 1 atom stereocenters. The molecular formula is C18H20BrN3O3. The Labute approximate surface area is 153 Å². The molecule has 0 saturated carbocycles. The van der Waals surface area contributed by atoms with Crippen molar-refractivity contribution in [2.45, 2.75) is 19.3 Å². The van der Waals surface area contributed by atoms with E-state index in [-0.39, 0.29) is 11.8 Å². The first-order chi connectivity index (χ1) is 12.0. The molecule has 4 rings (SSSR count). The van der Waals surface area contributed by atoms with Crippen LogP contribution in [0.2, 0.25) is 0 Å². The van der Waals surface area contributed by atoms with E-state index < -0.39 is 5.91 Å². The molecule has 0 radical (unpaired) electrons. The SMILES string of the molecule is NC(=O)c1cc(Br)cc2c3c([nH]c12)CCC(C(=O)N1CCOCC1)C3. The minimum atomic E-state index is -0.453. The third-order valence-corrected chi connectivity index (χ3v) is 5.66. The number of morpholine rings is 1. The first-order valence-corrected chi connectivity index (χ1v) is 9.33. The lowest BCUT2D eigenvalue weighted by molar-refractivity contribution is -0.140. The second-order valence-electron chi connectivity index (χ2n) is 6.70. The number of nitrogens with two attached hydrogens (primary N) is 1. The Morgan fingerprint density at radius 1 is 1.28 bits per heavy atom. The van der Waals surface area contributed by atoms with Crippen molar-refractivity contribution in [2.24, 2.45) is 11.7 Å². The van der Waals surface area contributed by atoms with E-state index in [4.69, 9.17) is 10.5 Å². The van der Waals surface area contributed by atoms with E-state index in [1.54, 1.807) is 6.07 Å². The molecule has 1 aliphatic carbocycles. The molecule has 25 heavy (non-hydrogen) atoms. The van der Waals surface area contributed by atoms with Crippen LogP contribution in [0.15, 0.2) is 16.6 Å². The largest absolute Gasteiger partial charge is 0.378 e. The number of halogens is 1. The number of rotatable bonds is 2. The molecule has 3 N–H and O–H groups in total. The molecule has 1 aliphatic heterocycles. The second kappa shape index (κ2) is 6.46. The summed E-state index contributed by atoms with van der Waals surface area (Å²) in [5.74, 6) is -0.250. The van der Waals surface area contributed by atoms with E-state index in [2.05, 4.69) is 20.9 Å². The maximum atomic E-state index is 12.8. The van der Waals surface area contributed by atoms with Crippen LogP contribution < -0.4 is 5.73 Å². The van der Waals surface area contributed by atoms with Gasteiger partial charge in [0.2, 0.25) is 5.91 Å². The summed E-state index contributed by atoms with van der Waals surface area (Å²) < 4.78 is 6.16. The average molecular weight is 406 g/mol. The number of aryl methyl sites for hydroxylation is 1. The van der Waals surface area contributed by atoms with Crippen molar-refractivity contribution < 1.29 is 14.3 Å². The second-order valence-corrected chi connectivity index (χ2v) is 7.62. The van der Waals surface area contributed by atoms with Gasteiger partial charge in [-0.25, -0.2) is 0 Å². The first kappa shape index (κ1) is 16.6. The van der Waals surface area contributed by atoms with Gasteiger partial charge in [0.05, 0.1) is 24.3 Å². The molecule has 7 heteroatoms. The molecule has 1 aromatic carbocycles. The summed E-state index contributed by atoms with van der Waals surface area (Å²) in [6.45, 7) is 2.58. The van der Waals surface area contributed by atoms with E-state index in [1.807, 2.05) is 11.0 Å². The Morgan fingerprint density at radius 2 is 2.04 bits per heavy atom. The molecular weight excluding hydrogens is 386 g/mol. The van der Waals surface area contributed by atoms with Crippen molar-refractivity contribution in [2.75, 3.05) is 26.3 Å². The highest BCUT2D eigenvalue weighted by Gasteiger charge is 2.31. The number of ether oxygens (including phenoxy) is 1. The van der Waals surface area contributed by atoms with Crippen molar-refractivity contribution in [3.8, 4) is 0 Å². The van der Waals surface area contributed by atoms with E-state index in [0.29, 0.717) is 38.3 Å². The third-order valence-electron chi connectivity index (χ3n) is 5.20. The van der Waals surface area contributed by atoms with Gasteiger partial charge in [-0.2, -0.15) is 0 Å². The van der Waals surface area contributed by atoms with Crippen LogP contribution in [0.5, 0.6) is 0 Å². The number of benzene rings is 1. The molecule has 1 unspecified atom stereocenters. The number of hydrogen-bond acceptors (Lipinski definition) is 3. The van der Waals surface area contributed by atoms with Gasteiger partial charge < -0.3 is 20.4 Å². The van der Waals surface area contributed by atoms with E-state index in [1.165, 1.54) is 0 Å². The highest BCUT2D eigenvalue weighted by molar-refractivity contribution is 9.10. The molecule has 2 aromatic rings. The van der Waals surface area contributed by atoms with Crippen molar-refractivity contribution >= 4 is 38.6 Å². The van der Waals surface area contributed by atoms with Crippen LogP contribution in [0, 0.1) is 5.92 Å². The molecule has 1 aromatic heterocycles. The fourth-order valence-electron chi connectivity index (χ4n) is 3.93. The van der Waals surface area contributed by atoms with Crippen molar-refractivity contribution in [1.29, 1.82) is 0 Å². The van der Waals surface area contributed by atoms with Crippen LogP contribution in [0.25, 0.3) is 10.9 Å². The quantitative estimate of drug-likeness (QED) is 0.800. The van der Waals surface area contributed by atoms with Gasteiger partial charge in [-0.05, 0) is 37.0 Å². The van der Waals surface area contributed by atoms with Crippen molar-refractivity contribution in [1.82, 2.24) is 9.88 Å². The zero-order chi connectivity index (χ0) is 17.6. The van der Waals surface area contributed by atoms with Crippen LogP contribution in [-0.2, 0) is 22.4 Å². The van der Waals surface area contributed by atoms with Crippen LogP contribution in [-0.4, -0.2) is 48.0 Å². The summed E-state index contributed by atoms with van der Waals surface area (Å²) in [6, 6.07) is 3.74. The molecule has 1 fully saturated rings. The van der Waals surface area contributed by atoms with E-state index in [0.717, 1.165) is 39.5 Å². The third kappa shape index (κ3) is 2.95. The first-order valence-electron chi connectivity index (χ1n) is 8.54. The minimum Gasteiger partial charge on any atom is -0.378 e. The number of nitrogens with one attached hydrogen (secondary N) is 1. The normalized spacial score (nSPS) is 20.5. The minimum absolute atomic E-state index is 0.0133. The average Bonchev–Trinajstić information content (AvgIpc) is 2.98. The smallest absolute Gasteiger partial charge is 0.250 e. The number of amides is 2. The standard InChI is InChI=1S/C18H20BrN3O3/c19-11-8-13-12-7-10(18(24)22-3-5-25-6-4-22)1-2-15(12)21-16(13)14(9-11)17(20)23/h8-10,21H,1-7H2,(H2,20,23). The van der Waals surface area contributed by atoms with Gasteiger partial charge >= 0.3 is 0 Å². The Hall–Kier alpha value is -1.86. The molecule has 1 saturated heterocycles. The summed E-state index contributed by atoms with van der Waals surface area (Å²) in [4.78, 5) is 29.9. The number of primary amides is 1. The molecule has 0 bridgehead atoms. The van der Waals surface area contributed by atoms with Crippen LogP contribution in [0.1, 0.15) is 28.0 Å². The monoisotopic (exact) mass is 405 g/mol. The van der Waals surface area contributed by atoms with Crippen LogP contribution in [0.3, 0.4) is 0 Å². The molecule has 132 valence electrons. The molecule has 2 aliphatic rings. The van der Waals surface area contributed by atoms with Gasteiger partial charge in [-0.1, -0.05) is 15.9 Å². The Morgan fingerprint density at radius 3 is 2.76 bits per heavy atom. The van der Waals surface area contributed by atoms with Gasteiger partial charge in [0, 0.05) is 34.6 Å². The summed E-state index contributed by atoms with van der Waals surface area (Å²) in [5.41, 5.74) is 9.03. The maximum Gasteiger partial charge on any atom is 0.250 e. The Balaban J connectivity index is 1.68. The molecule has 2 amide bonds. The van der Waals surface area contributed by atoms with Crippen molar-refractivity contribution in [3.63, 3.8) is 0 Å². The predicted molar refractivity (Wildman–Crippen MR) is 97.4 cm³/mol. The number of hydrogen-bond donors (Lipinski definition) is 2. The molecule has 6 nitrogen and oxygen atoms in total. The van der Waals surface area contributed by atoms with Gasteiger partial charge in [-0.15, -0.1) is 0 Å². The van der Waals surface area contributed by atoms with Crippen molar-refractivity contribution in [3.05, 3.63) is 33.4 Å².